The van der Waals surface area contributed by atoms with Gasteiger partial charge in [-0.25, -0.2) is 4.98 Å². The van der Waals surface area contributed by atoms with Gasteiger partial charge in [0.25, 0.3) is 6.01 Å². The van der Waals surface area contributed by atoms with E-state index in [1.54, 1.807) is 18.1 Å². The lowest BCUT2D eigenvalue weighted by Crippen LogP contribution is -2.30. The number of anilines is 2. The minimum absolute atomic E-state index is 0.152. The van der Waals surface area contributed by atoms with Crippen molar-refractivity contribution >= 4 is 17.6 Å². The molecule has 5 heteroatoms. The average Bonchev–Trinajstić information content (AvgIpc) is 2.80. The Hall–Kier alpha value is -2.30. The summed E-state index contributed by atoms with van der Waals surface area (Å²) < 4.78 is 5.29. The van der Waals surface area contributed by atoms with Crippen LogP contribution in [0.3, 0.4) is 0 Å². The zero-order valence-corrected chi connectivity index (χ0v) is 10.0. The van der Waals surface area contributed by atoms with Crippen LogP contribution in [-0.4, -0.2) is 17.9 Å². The van der Waals surface area contributed by atoms with Gasteiger partial charge in [0, 0.05) is 24.7 Å². The third-order valence-electron chi connectivity index (χ3n) is 3.23. The van der Waals surface area contributed by atoms with Gasteiger partial charge in [0.05, 0.1) is 6.20 Å². The summed E-state index contributed by atoms with van der Waals surface area (Å²) in [6, 6.07) is 6.03. The first-order valence-electron chi connectivity index (χ1n) is 5.76. The fraction of sp³-hybridized carbons (Fsp3) is 0.231. The topological polar surface area (TPSA) is 72.4 Å². The van der Waals surface area contributed by atoms with Gasteiger partial charge in [0.2, 0.25) is 5.91 Å². The first-order valence-corrected chi connectivity index (χ1v) is 5.76. The number of hydrogen-bond acceptors (Lipinski definition) is 4. The van der Waals surface area contributed by atoms with Gasteiger partial charge in [0.15, 0.2) is 5.76 Å². The first kappa shape index (κ1) is 10.8. The SMILES string of the molecule is CN1C(=O)CCc2cc(-c3cnc(N)o3)ccc21. The van der Waals surface area contributed by atoms with Crippen molar-refractivity contribution in [2.45, 2.75) is 12.8 Å². The summed E-state index contributed by atoms with van der Waals surface area (Å²) >= 11 is 0. The molecule has 0 aliphatic carbocycles. The van der Waals surface area contributed by atoms with E-state index in [-0.39, 0.29) is 11.9 Å². The lowest BCUT2D eigenvalue weighted by molar-refractivity contribution is -0.118. The van der Waals surface area contributed by atoms with Gasteiger partial charge in [-0.3, -0.25) is 4.79 Å². The largest absolute Gasteiger partial charge is 0.424 e. The molecule has 3 rings (SSSR count). The molecule has 0 saturated carbocycles. The summed E-state index contributed by atoms with van der Waals surface area (Å²) in [6.07, 6.45) is 2.91. The van der Waals surface area contributed by atoms with Crippen molar-refractivity contribution in [1.29, 1.82) is 0 Å². The fourth-order valence-electron chi connectivity index (χ4n) is 2.23. The lowest BCUT2D eigenvalue weighted by Gasteiger charge is -2.25. The number of fused-ring (bicyclic) bond motifs is 1. The molecule has 2 aromatic rings. The molecule has 18 heavy (non-hydrogen) atoms. The molecule has 92 valence electrons. The van der Waals surface area contributed by atoms with Crippen LogP contribution in [0, 0.1) is 0 Å². The van der Waals surface area contributed by atoms with Crippen LogP contribution in [-0.2, 0) is 11.2 Å². The van der Waals surface area contributed by atoms with Crippen LogP contribution in [0.15, 0.2) is 28.8 Å². The Morgan fingerprint density at radius 2 is 2.22 bits per heavy atom. The number of oxazole rings is 1. The molecular formula is C13H13N3O2. The number of amides is 1. The Bertz CT molecular complexity index is 618. The van der Waals surface area contributed by atoms with E-state index >= 15 is 0 Å². The number of aryl methyl sites for hydroxylation is 1. The highest BCUT2D eigenvalue weighted by Crippen LogP contribution is 2.31. The first-order chi connectivity index (χ1) is 8.65. The number of benzene rings is 1. The second-order valence-electron chi connectivity index (χ2n) is 4.36. The monoisotopic (exact) mass is 243 g/mol. The molecule has 5 nitrogen and oxygen atoms in total. The van der Waals surface area contributed by atoms with Crippen molar-refractivity contribution in [3.8, 4) is 11.3 Å². The van der Waals surface area contributed by atoms with Gasteiger partial charge in [-0.1, -0.05) is 0 Å². The molecule has 1 amide bonds. The Labute approximate surface area is 104 Å². The molecular weight excluding hydrogens is 230 g/mol. The normalized spacial score (nSPS) is 14.7. The van der Waals surface area contributed by atoms with Crippen LogP contribution in [0.1, 0.15) is 12.0 Å². The van der Waals surface area contributed by atoms with Gasteiger partial charge in [-0.2, -0.15) is 0 Å². The summed E-state index contributed by atoms with van der Waals surface area (Å²) in [4.78, 5) is 17.2. The Kier molecular flexibility index (Phi) is 2.33. The molecule has 1 aliphatic rings. The van der Waals surface area contributed by atoms with Crippen molar-refractivity contribution in [1.82, 2.24) is 4.98 Å². The van der Waals surface area contributed by atoms with Gasteiger partial charge >= 0.3 is 0 Å². The fourth-order valence-corrected chi connectivity index (χ4v) is 2.23. The van der Waals surface area contributed by atoms with Gasteiger partial charge < -0.3 is 15.1 Å². The van der Waals surface area contributed by atoms with E-state index in [1.165, 1.54) is 0 Å². The van der Waals surface area contributed by atoms with Crippen LogP contribution < -0.4 is 10.6 Å². The van der Waals surface area contributed by atoms with Crippen molar-refractivity contribution in [3.63, 3.8) is 0 Å². The number of carbonyl (C=O) groups excluding carboxylic acids is 1. The van der Waals surface area contributed by atoms with Crippen LogP contribution in [0.25, 0.3) is 11.3 Å². The maximum Gasteiger partial charge on any atom is 0.292 e. The van der Waals surface area contributed by atoms with E-state index in [1.807, 2.05) is 18.2 Å². The highest BCUT2D eigenvalue weighted by Gasteiger charge is 2.21. The van der Waals surface area contributed by atoms with E-state index in [4.69, 9.17) is 10.2 Å². The molecule has 0 fully saturated rings. The number of aromatic nitrogens is 1. The third-order valence-corrected chi connectivity index (χ3v) is 3.23. The number of carbonyl (C=O) groups is 1. The molecule has 2 heterocycles. The van der Waals surface area contributed by atoms with Crippen molar-refractivity contribution in [2.24, 2.45) is 0 Å². The molecule has 0 bridgehead atoms. The number of rotatable bonds is 1. The standard InChI is InChI=1S/C13H13N3O2/c1-16-10-4-2-9(11-7-15-13(14)18-11)6-8(10)3-5-12(16)17/h2,4,6-7H,3,5H2,1H3,(H2,14,15). The van der Waals surface area contributed by atoms with E-state index in [2.05, 4.69) is 4.98 Å². The minimum atomic E-state index is 0.152. The molecule has 2 N–H and O–H groups in total. The quantitative estimate of drug-likeness (QED) is 0.829. The van der Waals surface area contributed by atoms with E-state index < -0.39 is 0 Å². The van der Waals surface area contributed by atoms with Crippen molar-refractivity contribution < 1.29 is 9.21 Å². The summed E-state index contributed by atoms with van der Waals surface area (Å²) in [5, 5.41) is 0. The van der Waals surface area contributed by atoms with Gasteiger partial charge in [0.1, 0.15) is 0 Å². The maximum absolute atomic E-state index is 11.6. The van der Waals surface area contributed by atoms with Crippen LogP contribution in [0.2, 0.25) is 0 Å². The summed E-state index contributed by atoms with van der Waals surface area (Å²) in [6.45, 7) is 0. The Morgan fingerprint density at radius 3 is 2.94 bits per heavy atom. The predicted molar refractivity (Wildman–Crippen MR) is 68.1 cm³/mol. The summed E-state index contributed by atoms with van der Waals surface area (Å²) in [5.74, 6) is 0.800. The average molecular weight is 243 g/mol. The molecule has 0 saturated heterocycles. The number of nitrogens with two attached hydrogens (primary N) is 1. The molecule has 0 spiro atoms. The van der Waals surface area contributed by atoms with Crippen molar-refractivity contribution in [2.75, 3.05) is 17.7 Å². The number of nitrogens with zero attached hydrogens (tertiary/aromatic N) is 2. The molecule has 1 aliphatic heterocycles. The van der Waals surface area contributed by atoms with Crippen LogP contribution in [0.5, 0.6) is 0 Å². The molecule has 1 aromatic carbocycles. The van der Waals surface area contributed by atoms with Crippen molar-refractivity contribution in [3.05, 3.63) is 30.0 Å². The van der Waals surface area contributed by atoms with E-state index in [0.29, 0.717) is 12.2 Å². The third kappa shape index (κ3) is 1.64. The van der Waals surface area contributed by atoms with Crippen LogP contribution in [0.4, 0.5) is 11.7 Å². The number of hydrogen-bond donors (Lipinski definition) is 1. The Balaban J connectivity index is 2.04. The Morgan fingerprint density at radius 1 is 1.39 bits per heavy atom. The zero-order valence-electron chi connectivity index (χ0n) is 10.0. The van der Waals surface area contributed by atoms with Gasteiger partial charge in [-0.15, -0.1) is 0 Å². The summed E-state index contributed by atoms with van der Waals surface area (Å²) in [5.41, 5.74) is 8.50. The number of nitrogen functional groups attached to an aromatic ring is 1. The van der Waals surface area contributed by atoms with Gasteiger partial charge in [-0.05, 0) is 30.2 Å². The maximum atomic E-state index is 11.6. The summed E-state index contributed by atoms with van der Waals surface area (Å²) in [7, 11) is 1.80. The highest BCUT2D eigenvalue weighted by molar-refractivity contribution is 5.96. The second-order valence-corrected chi connectivity index (χ2v) is 4.36. The highest BCUT2D eigenvalue weighted by atomic mass is 16.4. The molecule has 0 unspecified atom stereocenters. The zero-order chi connectivity index (χ0) is 12.7. The van der Waals surface area contributed by atoms with E-state index in [9.17, 15) is 4.79 Å². The smallest absolute Gasteiger partial charge is 0.292 e. The lowest BCUT2D eigenvalue weighted by atomic mass is 9.98. The second kappa shape index (κ2) is 3.87. The molecule has 0 atom stereocenters. The molecule has 1 aromatic heterocycles. The van der Waals surface area contributed by atoms with Crippen LogP contribution >= 0.6 is 0 Å². The minimum Gasteiger partial charge on any atom is -0.424 e. The molecule has 0 radical (unpaired) electrons. The van der Waals surface area contributed by atoms with E-state index in [0.717, 1.165) is 23.2 Å². The predicted octanol–water partition coefficient (Wildman–Crippen LogP) is 1.83.